The average molecular weight is 422 g/mol. The van der Waals surface area contributed by atoms with Gasteiger partial charge >= 0.3 is 6.09 Å². The van der Waals surface area contributed by atoms with Gasteiger partial charge in [-0.15, -0.1) is 0 Å². The van der Waals surface area contributed by atoms with E-state index in [0.717, 1.165) is 36.9 Å². The molecular weight excluding hydrogens is 390 g/mol. The second kappa shape index (κ2) is 9.96. The Morgan fingerprint density at radius 2 is 1.71 bits per heavy atom. The molecule has 2 aliphatic rings. The summed E-state index contributed by atoms with van der Waals surface area (Å²) in [5.74, 6) is 0.484. The number of nitrogens with one attached hydrogen (secondary N) is 2. The predicted molar refractivity (Wildman–Crippen MR) is 120 cm³/mol. The zero-order valence-corrected chi connectivity index (χ0v) is 17.9. The Bertz CT molecular complexity index is 858. The Labute approximate surface area is 184 Å². The van der Waals surface area contributed by atoms with Crippen LogP contribution in [0.3, 0.4) is 0 Å². The maximum atomic E-state index is 13.2. The number of nitrogens with zero attached hydrogens (tertiary/aromatic N) is 1. The summed E-state index contributed by atoms with van der Waals surface area (Å²) in [4.78, 5) is 27.3. The molecule has 0 spiro atoms. The fourth-order valence-electron chi connectivity index (χ4n) is 4.56. The van der Waals surface area contributed by atoms with Crippen molar-refractivity contribution < 1.29 is 14.3 Å². The molecule has 2 aliphatic heterocycles. The summed E-state index contributed by atoms with van der Waals surface area (Å²) in [5.41, 5.74) is 1.58. The van der Waals surface area contributed by atoms with Gasteiger partial charge in [-0.1, -0.05) is 60.7 Å². The van der Waals surface area contributed by atoms with E-state index in [4.69, 9.17) is 4.74 Å². The third kappa shape index (κ3) is 5.07. The number of piperidine rings is 1. The number of rotatable bonds is 6. The number of carbonyl (C=O) groups is 2. The lowest BCUT2D eigenvalue weighted by molar-refractivity contribution is -0.126. The zero-order valence-electron chi connectivity index (χ0n) is 17.9. The lowest BCUT2D eigenvalue weighted by Gasteiger charge is -2.33. The molecule has 0 radical (unpaired) electrons. The van der Waals surface area contributed by atoms with Crippen molar-refractivity contribution in [3.05, 3.63) is 71.8 Å². The number of likely N-dealkylation sites (tertiary alicyclic amines) is 1. The quantitative estimate of drug-likeness (QED) is 0.752. The molecule has 2 saturated heterocycles. The molecule has 31 heavy (non-hydrogen) atoms. The van der Waals surface area contributed by atoms with Gasteiger partial charge in [0, 0.05) is 26.2 Å². The predicted octanol–water partition coefficient (Wildman–Crippen LogP) is 3.08. The topological polar surface area (TPSA) is 70.7 Å². The highest BCUT2D eigenvalue weighted by molar-refractivity contribution is 5.89. The van der Waals surface area contributed by atoms with Crippen molar-refractivity contribution in [3.8, 4) is 0 Å². The number of amides is 2. The van der Waals surface area contributed by atoms with Crippen LogP contribution in [0.15, 0.2) is 60.7 Å². The molecule has 164 valence electrons. The van der Waals surface area contributed by atoms with Gasteiger partial charge in [0.15, 0.2) is 0 Å². The third-order valence-electron chi connectivity index (χ3n) is 6.55. The largest absolute Gasteiger partial charge is 0.445 e. The maximum absolute atomic E-state index is 13.2. The summed E-state index contributed by atoms with van der Waals surface area (Å²) in [6.45, 7) is 3.81. The third-order valence-corrected chi connectivity index (χ3v) is 6.55. The Morgan fingerprint density at radius 1 is 1.03 bits per heavy atom. The van der Waals surface area contributed by atoms with E-state index in [-0.39, 0.29) is 12.0 Å². The molecule has 6 nitrogen and oxygen atoms in total. The van der Waals surface area contributed by atoms with Gasteiger partial charge < -0.3 is 20.3 Å². The smallest absolute Gasteiger partial charge is 0.410 e. The highest BCUT2D eigenvalue weighted by Crippen LogP contribution is 2.31. The minimum Gasteiger partial charge on any atom is -0.445 e. The normalized spacial score (nSPS) is 21.6. The van der Waals surface area contributed by atoms with E-state index in [2.05, 4.69) is 10.6 Å². The number of benzene rings is 2. The molecule has 1 atom stereocenters. The highest BCUT2D eigenvalue weighted by Gasteiger charge is 2.42. The summed E-state index contributed by atoms with van der Waals surface area (Å²) in [6, 6.07) is 19.8. The first kappa shape index (κ1) is 21.4. The van der Waals surface area contributed by atoms with Crippen molar-refractivity contribution in [2.24, 2.45) is 5.92 Å². The fraction of sp³-hybridized carbons (Fsp3) is 0.440. The Morgan fingerprint density at radius 3 is 2.35 bits per heavy atom. The Kier molecular flexibility index (Phi) is 6.87. The van der Waals surface area contributed by atoms with Gasteiger partial charge in [-0.25, -0.2) is 4.79 Å². The minimum atomic E-state index is -0.483. The van der Waals surface area contributed by atoms with E-state index < -0.39 is 5.41 Å². The van der Waals surface area contributed by atoms with Crippen molar-refractivity contribution in [1.82, 2.24) is 15.5 Å². The molecule has 2 aromatic carbocycles. The fourth-order valence-corrected chi connectivity index (χ4v) is 4.56. The number of hydrogen-bond acceptors (Lipinski definition) is 4. The van der Waals surface area contributed by atoms with Gasteiger partial charge in [0.2, 0.25) is 5.91 Å². The van der Waals surface area contributed by atoms with Crippen LogP contribution in [0.1, 0.15) is 30.4 Å². The van der Waals surface area contributed by atoms with Crippen LogP contribution in [-0.2, 0) is 21.6 Å². The first-order valence-corrected chi connectivity index (χ1v) is 11.2. The lowest BCUT2D eigenvalue weighted by Crippen LogP contribution is -2.48. The van der Waals surface area contributed by atoms with Crippen LogP contribution in [0.4, 0.5) is 4.79 Å². The molecule has 2 heterocycles. The van der Waals surface area contributed by atoms with Gasteiger partial charge in [0.05, 0.1) is 5.41 Å². The van der Waals surface area contributed by atoms with Crippen molar-refractivity contribution in [2.45, 2.75) is 31.3 Å². The SMILES string of the molecule is O=C(OCc1ccccc1)N1CCC(CNC(=O)[C@]2(c3ccccc3)CCNC2)CC1. The Hall–Kier alpha value is -2.86. The molecule has 0 unspecified atom stereocenters. The first-order chi connectivity index (χ1) is 15.2. The van der Waals surface area contributed by atoms with Gasteiger partial charge in [-0.05, 0) is 42.9 Å². The van der Waals surface area contributed by atoms with Crippen LogP contribution >= 0.6 is 0 Å². The Balaban J connectivity index is 1.23. The van der Waals surface area contributed by atoms with Gasteiger partial charge in [-0.2, -0.15) is 0 Å². The van der Waals surface area contributed by atoms with Crippen molar-refractivity contribution in [1.29, 1.82) is 0 Å². The molecule has 0 bridgehead atoms. The zero-order chi connectivity index (χ0) is 21.5. The standard InChI is InChI=1S/C25H31N3O3/c29-23(25(13-14-26-19-25)22-9-5-2-6-10-22)27-17-20-11-15-28(16-12-20)24(30)31-18-21-7-3-1-4-8-21/h1-10,20,26H,11-19H2,(H,27,29)/t25-/m1/s1. The summed E-state index contributed by atoms with van der Waals surface area (Å²) in [5, 5.41) is 6.56. The lowest BCUT2D eigenvalue weighted by atomic mass is 9.78. The van der Waals surface area contributed by atoms with E-state index >= 15 is 0 Å². The number of ether oxygens (including phenoxy) is 1. The summed E-state index contributed by atoms with van der Waals surface area (Å²) < 4.78 is 5.44. The van der Waals surface area contributed by atoms with E-state index in [0.29, 0.717) is 38.7 Å². The molecule has 2 aromatic rings. The molecule has 0 saturated carbocycles. The van der Waals surface area contributed by atoms with E-state index in [1.165, 1.54) is 0 Å². The summed E-state index contributed by atoms with van der Waals surface area (Å²) in [6.07, 6.45) is 2.30. The monoisotopic (exact) mass is 421 g/mol. The average Bonchev–Trinajstić information content (AvgIpc) is 3.34. The molecule has 0 aromatic heterocycles. The molecule has 6 heteroatoms. The van der Waals surface area contributed by atoms with E-state index in [1.54, 1.807) is 4.90 Å². The summed E-state index contributed by atoms with van der Waals surface area (Å²) >= 11 is 0. The minimum absolute atomic E-state index is 0.105. The molecular formula is C25H31N3O3. The number of hydrogen-bond donors (Lipinski definition) is 2. The summed E-state index contributed by atoms with van der Waals surface area (Å²) in [7, 11) is 0. The molecule has 2 amide bonds. The molecule has 4 rings (SSSR count). The second-order valence-corrected chi connectivity index (χ2v) is 8.56. The van der Waals surface area contributed by atoms with Gasteiger partial charge in [0.1, 0.15) is 6.61 Å². The maximum Gasteiger partial charge on any atom is 0.410 e. The van der Waals surface area contributed by atoms with E-state index in [1.807, 2.05) is 60.7 Å². The van der Waals surface area contributed by atoms with Crippen LogP contribution in [-0.4, -0.2) is 49.6 Å². The van der Waals surface area contributed by atoms with Gasteiger partial charge in [-0.3, -0.25) is 4.79 Å². The van der Waals surface area contributed by atoms with Crippen molar-refractivity contribution >= 4 is 12.0 Å². The van der Waals surface area contributed by atoms with Crippen LogP contribution in [0.2, 0.25) is 0 Å². The molecule has 2 fully saturated rings. The second-order valence-electron chi connectivity index (χ2n) is 8.56. The molecule has 0 aliphatic carbocycles. The van der Waals surface area contributed by atoms with Crippen LogP contribution in [0, 0.1) is 5.92 Å². The van der Waals surface area contributed by atoms with Crippen molar-refractivity contribution in [3.63, 3.8) is 0 Å². The van der Waals surface area contributed by atoms with E-state index in [9.17, 15) is 9.59 Å². The molecule has 2 N–H and O–H groups in total. The number of carbonyl (C=O) groups excluding carboxylic acids is 2. The van der Waals surface area contributed by atoms with Crippen LogP contribution in [0.5, 0.6) is 0 Å². The van der Waals surface area contributed by atoms with Gasteiger partial charge in [0.25, 0.3) is 0 Å². The first-order valence-electron chi connectivity index (χ1n) is 11.2. The van der Waals surface area contributed by atoms with Crippen LogP contribution in [0.25, 0.3) is 0 Å². The van der Waals surface area contributed by atoms with Crippen LogP contribution < -0.4 is 10.6 Å². The highest BCUT2D eigenvalue weighted by atomic mass is 16.6. The van der Waals surface area contributed by atoms with Crippen molar-refractivity contribution in [2.75, 3.05) is 32.7 Å².